The number of hydrogen-bond donors (Lipinski definition) is 0. The van der Waals surface area contributed by atoms with Gasteiger partial charge >= 0.3 is 13.5 Å². The average molecular weight is 391 g/mol. The zero-order chi connectivity index (χ0) is 22.0. The van der Waals surface area contributed by atoms with Crippen molar-refractivity contribution >= 4 is 19.2 Å². The summed E-state index contributed by atoms with van der Waals surface area (Å²) in [4.78, 5) is 25.0. The van der Waals surface area contributed by atoms with Crippen LogP contribution in [0.5, 0.6) is 0 Å². The number of esters is 1. The fourth-order valence-electron chi connectivity index (χ4n) is 2.19. The van der Waals surface area contributed by atoms with E-state index in [0.29, 0.717) is 12.8 Å². The Kier molecular flexibility index (Phi) is 7.38. The van der Waals surface area contributed by atoms with Crippen molar-refractivity contribution in [3.8, 4) is 0 Å². The maximum absolute atomic E-state index is 12.7. The van der Waals surface area contributed by atoms with E-state index in [0.717, 1.165) is 0 Å². The molecule has 5 nitrogen and oxygen atoms in total. The molecule has 1 aromatic heterocycles. The summed E-state index contributed by atoms with van der Waals surface area (Å²) in [5, 5.41) is 0. The maximum Gasteiger partial charge on any atom is 0.374 e. The molecule has 0 atom stereocenters. The third-order valence-electron chi connectivity index (χ3n) is 5.58. The molecule has 28 heavy (non-hydrogen) atoms. The smallest absolute Gasteiger partial charge is 0.374 e. The number of Topliss-reactive ketones (excluding diaryl/α,β-unsaturated/α-hetero) is 1. The van der Waals surface area contributed by atoms with Crippen molar-refractivity contribution in [3.05, 3.63) is 23.7 Å². The molecule has 0 aliphatic carbocycles. The summed E-state index contributed by atoms with van der Waals surface area (Å²) in [6, 6.07) is 3.00. The van der Waals surface area contributed by atoms with Gasteiger partial charge in [0.25, 0.3) is 0 Å². The van der Waals surface area contributed by atoms with E-state index in [-0.39, 0.29) is 22.7 Å². The highest BCUT2D eigenvalue weighted by atomic mass is 16.6. The standard InChI is InChI=1S/C22H36BO5/c1-11-22(12-2,23-28-21(9,10)20(6,7)8)27-18(25)16-14-13-15(26-16)17(24)19(3,4)5/h13-14H,11-12H2,1-10H3. The lowest BCUT2D eigenvalue weighted by Crippen LogP contribution is -2.48. The van der Waals surface area contributed by atoms with E-state index in [1.54, 1.807) is 28.3 Å². The van der Waals surface area contributed by atoms with E-state index >= 15 is 0 Å². The Morgan fingerprint density at radius 2 is 1.43 bits per heavy atom. The Hall–Kier alpha value is -1.56. The molecule has 0 N–H and O–H groups in total. The predicted octanol–water partition coefficient (Wildman–Crippen LogP) is 5.64. The second-order valence-corrected chi connectivity index (χ2v) is 9.90. The number of furan rings is 1. The lowest BCUT2D eigenvalue weighted by molar-refractivity contribution is -0.0286. The number of carbonyl (C=O) groups excluding carboxylic acids is 2. The highest BCUT2D eigenvalue weighted by molar-refractivity contribution is 6.32. The highest BCUT2D eigenvalue weighted by Gasteiger charge is 2.40. The van der Waals surface area contributed by atoms with Gasteiger partial charge in [-0.2, -0.15) is 0 Å². The zero-order valence-corrected chi connectivity index (χ0v) is 19.2. The summed E-state index contributed by atoms with van der Waals surface area (Å²) in [7, 11) is 1.64. The molecule has 1 radical (unpaired) electrons. The van der Waals surface area contributed by atoms with Crippen LogP contribution in [-0.2, 0) is 9.39 Å². The first-order valence-electron chi connectivity index (χ1n) is 9.99. The largest absolute Gasteiger partial charge is 0.460 e. The Balaban J connectivity index is 2.96. The van der Waals surface area contributed by atoms with E-state index in [2.05, 4.69) is 20.8 Å². The molecule has 1 heterocycles. The first-order valence-corrected chi connectivity index (χ1v) is 9.99. The Morgan fingerprint density at radius 3 is 1.86 bits per heavy atom. The van der Waals surface area contributed by atoms with Gasteiger partial charge in [-0.1, -0.05) is 55.4 Å². The van der Waals surface area contributed by atoms with Gasteiger partial charge in [0.2, 0.25) is 11.5 Å². The molecule has 0 amide bonds. The number of hydrogen-bond acceptors (Lipinski definition) is 5. The third-order valence-corrected chi connectivity index (χ3v) is 5.58. The number of ether oxygens (including phenoxy) is 1. The van der Waals surface area contributed by atoms with E-state index < -0.39 is 22.5 Å². The van der Waals surface area contributed by atoms with Gasteiger partial charge in [0.1, 0.15) is 5.50 Å². The first-order chi connectivity index (χ1) is 12.6. The van der Waals surface area contributed by atoms with Crippen LogP contribution in [0.1, 0.15) is 103 Å². The van der Waals surface area contributed by atoms with Gasteiger partial charge < -0.3 is 13.8 Å². The van der Waals surface area contributed by atoms with Crippen molar-refractivity contribution in [1.82, 2.24) is 0 Å². The highest BCUT2D eigenvalue weighted by Crippen LogP contribution is 2.34. The van der Waals surface area contributed by atoms with Gasteiger partial charge in [-0.15, -0.1) is 0 Å². The predicted molar refractivity (Wildman–Crippen MR) is 112 cm³/mol. The van der Waals surface area contributed by atoms with Crippen molar-refractivity contribution in [2.45, 2.75) is 93.2 Å². The second-order valence-electron chi connectivity index (χ2n) is 9.90. The van der Waals surface area contributed by atoms with Crippen LogP contribution in [0.2, 0.25) is 0 Å². The minimum absolute atomic E-state index is 0.0161. The summed E-state index contributed by atoms with van der Waals surface area (Å²) in [5.41, 5.74) is -1.99. The van der Waals surface area contributed by atoms with Crippen molar-refractivity contribution < 1.29 is 23.4 Å². The summed E-state index contributed by atoms with van der Waals surface area (Å²) in [5.74, 6) is -0.592. The fraction of sp³-hybridized carbons (Fsp3) is 0.727. The topological polar surface area (TPSA) is 65.7 Å². The molecule has 0 aliphatic heterocycles. The fourth-order valence-corrected chi connectivity index (χ4v) is 2.19. The second kappa shape index (κ2) is 8.44. The number of carbonyl (C=O) groups is 2. The van der Waals surface area contributed by atoms with Gasteiger partial charge in [-0.3, -0.25) is 4.79 Å². The van der Waals surface area contributed by atoms with E-state index in [1.165, 1.54) is 12.1 Å². The van der Waals surface area contributed by atoms with Gasteiger partial charge in [0, 0.05) is 5.41 Å². The molecular formula is C22H36BO5. The molecule has 1 rings (SSSR count). The lowest BCUT2D eigenvalue weighted by atomic mass is 9.68. The monoisotopic (exact) mass is 391 g/mol. The normalized spacial score (nSPS) is 13.4. The minimum atomic E-state index is -0.874. The van der Waals surface area contributed by atoms with Crippen LogP contribution in [0.4, 0.5) is 0 Å². The maximum atomic E-state index is 12.7. The summed E-state index contributed by atoms with van der Waals surface area (Å²) >= 11 is 0. The molecule has 1 aromatic rings. The Morgan fingerprint density at radius 1 is 0.929 bits per heavy atom. The third kappa shape index (κ3) is 5.73. The van der Waals surface area contributed by atoms with Gasteiger partial charge in [-0.05, 0) is 44.2 Å². The van der Waals surface area contributed by atoms with Crippen LogP contribution in [0.25, 0.3) is 0 Å². The number of rotatable bonds is 8. The van der Waals surface area contributed by atoms with Crippen LogP contribution in [0, 0.1) is 10.8 Å². The van der Waals surface area contributed by atoms with E-state index in [9.17, 15) is 9.59 Å². The van der Waals surface area contributed by atoms with Gasteiger partial charge in [0.15, 0.2) is 5.76 Å². The molecule has 0 bridgehead atoms. The summed E-state index contributed by atoms with van der Waals surface area (Å²) in [6.45, 7) is 19.6. The SMILES string of the molecule is CCC([B]OC(C)(C)C(C)(C)C)(CC)OC(=O)c1ccc(C(=O)C(C)(C)C)o1. The molecule has 0 fully saturated rings. The van der Waals surface area contributed by atoms with Crippen LogP contribution in [0.15, 0.2) is 16.5 Å². The Bertz CT molecular complexity index is 685. The zero-order valence-electron chi connectivity index (χ0n) is 19.2. The molecule has 0 saturated carbocycles. The van der Waals surface area contributed by atoms with Crippen molar-refractivity contribution in [2.75, 3.05) is 0 Å². The van der Waals surface area contributed by atoms with Crippen molar-refractivity contribution in [3.63, 3.8) is 0 Å². The van der Waals surface area contributed by atoms with Crippen LogP contribution < -0.4 is 0 Å². The van der Waals surface area contributed by atoms with Gasteiger partial charge in [-0.25, -0.2) is 4.79 Å². The van der Waals surface area contributed by atoms with E-state index in [4.69, 9.17) is 13.8 Å². The molecule has 6 heteroatoms. The molecule has 0 aromatic carbocycles. The summed E-state index contributed by atoms with van der Waals surface area (Å²) < 4.78 is 17.4. The molecular weight excluding hydrogens is 355 g/mol. The van der Waals surface area contributed by atoms with Crippen LogP contribution in [0.3, 0.4) is 0 Å². The quantitative estimate of drug-likeness (QED) is 0.326. The lowest BCUT2D eigenvalue weighted by Gasteiger charge is -2.42. The van der Waals surface area contributed by atoms with Crippen LogP contribution in [-0.4, -0.2) is 30.3 Å². The Labute approximate surface area is 170 Å². The van der Waals surface area contributed by atoms with Crippen LogP contribution >= 0.6 is 0 Å². The molecule has 157 valence electrons. The minimum Gasteiger partial charge on any atom is -0.460 e. The van der Waals surface area contributed by atoms with Crippen molar-refractivity contribution in [2.24, 2.45) is 10.8 Å². The molecule has 0 spiro atoms. The summed E-state index contributed by atoms with van der Waals surface area (Å²) in [6.07, 6.45) is 1.12. The van der Waals surface area contributed by atoms with E-state index in [1.807, 2.05) is 27.7 Å². The molecule has 0 aliphatic rings. The van der Waals surface area contributed by atoms with Crippen molar-refractivity contribution in [1.29, 1.82) is 0 Å². The average Bonchev–Trinajstić information content (AvgIpc) is 3.06. The first kappa shape index (κ1) is 24.5. The van der Waals surface area contributed by atoms with Gasteiger partial charge in [0.05, 0.1) is 5.60 Å². The molecule has 0 unspecified atom stereocenters. The molecule has 0 saturated heterocycles. The number of ketones is 1.